The Morgan fingerprint density at radius 2 is 1.58 bits per heavy atom. The lowest BCUT2D eigenvalue weighted by Crippen LogP contribution is -2.31. The second-order valence-electron chi connectivity index (χ2n) is 6.64. The number of hydrogen-bond acceptors (Lipinski definition) is 2. The van der Waals surface area contributed by atoms with Gasteiger partial charge in [-0.15, -0.1) is 0 Å². The Balaban J connectivity index is 2.03. The van der Waals surface area contributed by atoms with Gasteiger partial charge in [-0.05, 0) is 43.0 Å². The standard InChI is InChI=1S/C22H28N2O2/c1-4-15-24(16-20-7-5-17(2)6-8-20)22(26)21-11-9-19(10-12-21)13-14-23-18(3)25/h5-12H,4,13-16H2,1-3H3,(H,23,25). The van der Waals surface area contributed by atoms with Crippen molar-refractivity contribution in [1.82, 2.24) is 10.2 Å². The van der Waals surface area contributed by atoms with E-state index in [1.807, 2.05) is 29.2 Å². The van der Waals surface area contributed by atoms with Crippen LogP contribution in [0.2, 0.25) is 0 Å². The van der Waals surface area contributed by atoms with Gasteiger partial charge >= 0.3 is 0 Å². The van der Waals surface area contributed by atoms with E-state index in [9.17, 15) is 9.59 Å². The third-order valence-corrected chi connectivity index (χ3v) is 4.26. The number of aryl methyl sites for hydroxylation is 1. The largest absolute Gasteiger partial charge is 0.356 e. The third-order valence-electron chi connectivity index (χ3n) is 4.26. The maximum atomic E-state index is 12.9. The van der Waals surface area contributed by atoms with Crippen molar-refractivity contribution in [2.75, 3.05) is 13.1 Å². The van der Waals surface area contributed by atoms with E-state index in [2.05, 4.69) is 43.4 Å². The molecule has 0 saturated carbocycles. The second kappa shape index (κ2) is 9.76. The zero-order valence-corrected chi connectivity index (χ0v) is 15.9. The highest BCUT2D eigenvalue weighted by Crippen LogP contribution is 2.13. The number of carbonyl (C=O) groups excluding carboxylic acids is 2. The number of nitrogens with zero attached hydrogens (tertiary/aromatic N) is 1. The first kappa shape index (κ1) is 19.7. The molecule has 0 unspecified atom stereocenters. The van der Waals surface area contributed by atoms with Gasteiger partial charge in [-0.3, -0.25) is 9.59 Å². The topological polar surface area (TPSA) is 49.4 Å². The van der Waals surface area contributed by atoms with Crippen LogP contribution in [0, 0.1) is 6.92 Å². The zero-order chi connectivity index (χ0) is 18.9. The van der Waals surface area contributed by atoms with Gasteiger partial charge in [-0.1, -0.05) is 48.9 Å². The molecule has 4 nitrogen and oxygen atoms in total. The van der Waals surface area contributed by atoms with E-state index in [0.717, 1.165) is 30.5 Å². The van der Waals surface area contributed by atoms with Gasteiger partial charge in [-0.25, -0.2) is 0 Å². The summed E-state index contributed by atoms with van der Waals surface area (Å²) in [6.07, 6.45) is 1.68. The zero-order valence-electron chi connectivity index (χ0n) is 15.9. The van der Waals surface area contributed by atoms with Crippen LogP contribution in [0.1, 0.15) is 47.3 Å². The van der Waals surface area contributed by atoms with Gasteiger partial charge in [-0.2, -0.15) is 0 Å². The van der Waals surface area contributed by atoms with Crippen molar-refractivity contribution in [3.05, 3.63) is 70.8 Å². The number of hydrogen-bond donors (Lipinski definition) is 1. The highest BCUT2D eigenvalue weighted by Gasteiger charge is 2.15. The molecule has 0 aliphatic heterocycles. The van der Waals surface area contributed by atoms with Crippen molar-refractivity contribution in [2.45, 2.75) is 40.2 Å². The number of nitrogens with one attached hydrogen (secondary N) is 1. The SMILES string of the molecule is CCCN(Cc1ccc(C)cc1)C(=O)c1ccc(CCNC(C)=O)cc1. The van der Waals surface area contributed by atoms with Crippen LogP contribution >= 0.6 is 0 Å². The van der Waals surface area contributed by atoms with Crippen LogP contribution in [0.4, 0.5) is 0 Å². The molecule has 0 spiro atoms. The summed E-state index contributed by atoms with van der Waals surface area (Å²) in [5.74, 6) is 0.0314. The van der Waals surface area contributed by atoms with Crippen LogP contribution < -0.4 is 5.32 Å². The van der Waals surface area contributed by atoms with Gasteiger partial charge in [0.05, 0.1) is 0 Å². The summed E-state index contributed by atoms with van der Waals surface area (Å²) < 4.78 is 0. The summed E-state index contributed by atoms with van der Waals surface area (Å²) >= 11 is 0. The smallest absolute Gasteiger partial charge is 0.254 e. The number of carbonyl (C=O) groups is 2. The van der Waals surface area contributed by atoms with E-state index in [0.29, 0.717) is 18.7 Å². The minimum atomic E-state index is -0.0249. The Morgan fingerprint density at radius 3 is 2.15 bits per heavy atom. The van der Waals surface area contributed by atoms with Crippen LogP contribution in [0.15, 0.2) is 48.5 Å². The predicted molar refractivity (Wildman–Crippen MR) is 105 cm³/mol. The van der Waals surface area contributed by atoms with Gasteiger partial charge in [0.1, 0.15) is 0 Å². The van der Waals surface area contributed by atoms with Gasteiger partial charge < -0.3 is 10.2 Å². The van der Waals surface area contributed by atoms with Gasteiger partial charge in [0.25, 0.3) is 5.91 Å². The van der Waals surface area contributed by atoms with E-state index in [1.165, 1.54) is 12.5 Å². The Labute approximate surface area is 156 Å². The fraction of sp³-hybridized carbons (Fsp3) is 0.364. The first-order valence-electron chi connectivity index (χ1n) is 9.17. The molecule has 2 rings (SSSR count). The van der Waals surface area contributed by atoms with Crippen LogP contribution in [-0.4, -0.2) is 29.8 Å². The molecule has 0 radical (unpaired) electrons. The van der Waals surface area contributed by atoms with E-state index in [4.69, 9.17) is 0 Å². The average molecular weight is 352 g/mol. The molecule has 0 aromatic heterocycles. The van der Waals surface area contributed by atoms with Gasteiger partial charge in [0.2, 0.25) is 5.91 Å². The number of rotatable bonds is 8. The molecule has 0 heterocycles. The molecule has 2 aromatic rings. The summed E-state index contributed by atoms with van der Waals surface area (Å²) in [5.41, 5.74) is 4.17. The van der Waals surface area contributed by atoms with Crippen molar-refractivity contribution in [3.63, 3.8) is 0 Å². The molecular weight excluding hydrogens is 324 g/mol. The summed E-state index contributed by atoms with van der Waals surface area (Å²) in [4.78, 5) is 25.7. The van der Waals surface area contributed by atoms with E-state index in [-0.39, 0.29) is 11.8 Å². The predicted octanol–water partition coefficient (Wildman–Crippen LogP) is 3.73. The normalized spacial score (nSPS) is 10.4. The lowest BCUT2D eigenvalue weighted by molar-refractivity contribution is -0.118. The molecular formula is C22H28N2O2. The summed E-state index contributed by atoms with van der Waals surface area (Å²) in [7, 11) is 0. The fourth-order valence-electron chi connectivity index (χ4n) is 2.82. The van der Waals surface area contributed by atoms with E-state index >= 15 is 0 Å². The molecule has 0 fully saturated rings. The van der Waals surface area contributed by atoms with Crippen molar-refractivity contribution in [3.8, 4) is 0 Å². The maximum Gasteiger partial charge on any atom is 0.254 e. The third kappa shape index (κ3) is 6.03. The Bertz CT molecular complexity index is 721. The second-order valence-corrected chi connectivity index (χ2v) is 6.64. The molecule has 0 saturated heterocycles. The van der Waals surface area contributed by atoms with Crippen LogP contribution in [0.25, 0.3) is 0 Å². The van der Waals surface area contributed by atoms with Crippen molar-refractivity contribution >= 4 is 11.8 Å². The van der Waals surface area contributed by atoms with Gasteiger partial charge in [0, 0.05) is 32.1 Å². The molecule has 0 bridgehead atoms. The maximum absolute atomic E-state index is 12.9. The molecule has 2 aromatic carbocycles. The molecule has 26 heavy (non-hydrogen) atoms. The lowest BCUT2D eigenvalue weighted by Gasteiger charge is -2.22. The van der Waals surface area contributed by atoms with E-state index < -0.39 is 0 Å². The molecule has 2 amide bonds. The molecule has 0 atom stereocenters. The first-order chi connectivity index (χ1) is 12.5. The quantitative estimate of drug-likeness (QED) is 0.787. The minimum Gasteiger partial charge on any atom is -0.356 e. The number of amides is 2. The lowest BCUT2D eigenvalue weighted by atomic mass is 10.1. The minimum absolute atomic E-state index is 0.0249. The molecule has 0 aliphatic rings. The molecule has 138 valence electrons. The summed E-state index contributed by atoms with van der Waals surface area (Å²) in [6.45, 7) is 7.62. The monoisotopic (exact) mass is 352 g/mol. The Kier molecular flexibility index (Phi) is 7.39. The summed E-state index contributed by atoms with van der Waals surface area (Å²) in [6, 6.07) is 16.0. The van der Waals surface area contributed by atoms with Crippen LogP contribution in [0.5, 0.6) is 0 Å². The molecule has 0 aliphatic carbocycles. The summed E-state index contributed by atoms with van der Waals surface area (Å²) in [5, 5.41) is 2.78. The van der Waals surface area contributed by atoms with Crippen molar-refractivity contribution in [2.24, 2.45) is 0 Å². The van der Waals surface area contributed by atoms with E-state index in [1.54, 1.807) is 0 Å². The van der Waals surface area contributed by atoms with Gasteiger partial charge in [0.15, 0.2) is 0 Å². The average Bonchev–Trinajstić information content (AvgIpc) is 2.63. The molecule has 1 N–H and O–H groups in total. The molecule has 4 heteroatoms. The van der Waals surface area contributed by atoms with Crippen molar-refractivity contribution in [1.29, 1.82) is 0 Å². The van der Waals surface area contributed by atoms with Crippen LogP contribution in [-0.2, 0) is 17.8 Å². The number of benzene rings is 2. The Morgan fingerprint density at radius 1 is 0.962 bits per heavy atom. The highest BCUT2D eigenvalue weighted by molar-refractivity contribution is 5.94. The highest BCUT2D eigenvalue weighted by atomic mass is 16.2. The first-order valence-corrected chi connectivity index (χ1v) is 9.17. The Hall–Kier alpha value is -2.62. The van der Waals surface area contributed by atoms with Crippen molar-refractivity contribution < 1.29 is 9.59 Å². The van der Waals surface area contributed by atoms with Crippen LogP contribution in [0.3, 0.4) is 0 Å². The fourth-order valence-corrected chi connectivity index (χ4v) is 2.82.